The Bertz CT molecular complexity index is 538. The molecule has 0 unspecified atom stereocenters. The third kappa shape index (κ3) is 2.89. The van der Waals surface area contributed by atoms with Crippen LogP contribution in [0, 0.1) is 15.5 Å². The minimum Gasteiger partial charge on any atom is -0.379 e. The number of anilines is 1. The van der Waals surface area contributed by atoms with Gasteiger partial charge in [0.05, 0.1) is 4.92 Å². The van der Waals surface area contributed by atoms with Crippen molar-refractivity contribution in [2.75, 3.05) is 18.9 Å². The Morgan fingerprint density at radius 3 is 2.65 bits per heavy atom. The maximum atomic E-state index is 11.6. The van der Waals surface area contributed by atoms with Crippen molar-refractivity contribution in [3.8, 4) is 0 Å². The van der Waals surface area contributed by atoms with Crippen LogP contribution in [0.3, 0.4) is 0 Å². The number of amides is 1. The Labute approximate surface area is 117 Å². The zero-order valence-electron chi connectivity index (χ0n) is 11.7. The maximum Gasteiger partial charge on any atom is 0.292 e. The fourth-order valence-electron chi connectivity index (χ4n) is 2.24. The summed E-state index contributed by atoms with van der Waals surface area (Å²) in [7, 11) is 1.53. The summed E-state index contributed by atoms with van der Waals surface area (Å²) in [6, 6.07) is 4.38. The predicted molar refractivity (Wildman–Crippen MR) is 76.9 cm³/mol. The topological polar surface area (TPSA) is 84.3 Å². The summed E-state index contributed by atoms with van der Waals surface area (Å²) in [5.74, 6) is -0.250. The fourth-order valence-corrected chi connectivity index (χ4v) is 2.24. The molecule has 1 fully saturated rings. The van der Waals surface area contributed by atoms with Gasteiger partial charge in [-0.2, -0.15) is 0 Å². The summed E-state index contributed by atoms with van der Waals surface area (Å²) in [4.78, 5) is 22.2. The van der Waals surface area contributed by atoms with Crippen molar-refractivity contribution in [1.82, 2.24) is 5.32 Å². The molecule has 1 saturated carbocycles. The Kier molecular flexibility index (Phi) is 3.92. The zero-order valence-corrected chi connectivity index (χ0v) is 11.7. The molecule has 0 atom stereocenters. The third-order valence-corrected chi connectivity index (χ3v) is 4.04. The van der Waals surface area contributed by atoms with E-state index in [-0.39, 0.29) is 17.0 Å². The van der Waals surface area contributed by atoms with Crippen molar-refractivity contribution in [2.24, 2.45) is 5.41 Å². The number of rotatable bonds is 6. The van der Waals surface area contributed by atoms with Crippen LogP contribution in [0.5, 0.6) is 0 Å². The monoisotopic (exact) mass is 277 g/mol. The van der Waals surface area contributed by atoms with E-state index in [1.165, 1.54) is 19.2 Å². The molecular formula is C14H19N3O3. The van der Waals surface area contributed by atoms with Crippen LogP contribution in [0.15, 0.2) is 18.2 Å². The zero-order chi connectivity index (χ0) is 14.8. The van der Waals surface area contributed by atoms with Gasteiger partial charge in [-0.1, -0.05) is 6.92 Å². The van der Waals surface area contributed by atoms with Gasteiger partial charge in [-0.05, 0) is 36.8 Å². The molecule has 6 heteroatoms. The average Bonchev–Trinajstić information content (AvgIpc) is 3.24. The van der Waals surface area contributed by atoms with Crippen molar-refractivity contribution >= 4 is 17.3 Å². The number of hydrogen-bond donors (Lipinski definition) is 2. The molecule has 0 saturated heterocycles. The molecule has 0 heterocycles. The minimum absolute atomic E-state index is 0.00422. The van der Waals surface area contributed by atoms with Crippen molar-refractivity contribution in [3.63, 3.8) is 0 Å². The SMILES string of the molecule is CCC1(CNc2cc(C(=O)NC)ccc2[N+](=O)[O-])CC1. The molecule has 108 valence electrons. The van der Waals surface area contributed by atoms with E-state index >= 15 is 0 Å². The van der Waals surface area contributed by atoms with Crippen LogP contribution in [-0.2, 0) is 0 Å². The molecule has 0 spiro atoms. The highest BCUT2D eigenvalue weighted by Gasteiger charge is 2.40. The van der Waals surface area contributed by atoms with Gasteiger partial charge in [0.15, 0.2) is 0 Å². The Balaban J connectivity index is 2.22. The first-order valence-corrected chi connectivity index (χ1v) is 6.76. The quantitative estimate of drug-likeness (QED) is 0.618. The molecule has 1 amide bonds. The lowest BCUT2D eigenvalue weighted by Crippen LogP contribution is -2.19. The van der Waals surface area contributed by atoms with Crippen LogP contribution in [0.2, 0.25) is 0 Å². The first-order chi connectivity index (χ1) is 9.51. The molecular weight excluding hydrogens is 258 g/mol. The van der Waals surface area contributed by atoms with E-state index in [0.29, 0.717) is 17.8 Å². The van der Waals surface area contributed by atoms with Gasteiger partial charge in [0, 0.05) is 25.2 Å². The molecule has 0 aliphatic heterocycles. The van der Waals surface area contributed by atoms with Crippen LogP contribution < -0.4 is 10.6 Å². The van der Waals surface area contributed by atoms with Gasteiger partial charge in [0.25, 0.3) is 11.6 Å². The maximum absolute atomic E-state index is 11.6. The van der Waals surface area contributed by atoms with Gasteiger partial charge < -0.3 is 10.6 Å². The first-order valence-electron chi connectivity index (χ1n) is 6.76. The summed E-state index contributed by atoms with van der Waals surface area (Å²) in [5.41, 5.74) is 1.11. The second-order valence-electron chi connectivity index (χ2n) is 5.28. The van der Waals surface area contributed by atoms with E-state index in [2.05, 4.69) is 17.6 Å². The van der Waals surface area contributed by atoms with E-state index in [0.717, 1.165) is 19.3 Å². The van der Waals surface area contributed by atoms with Crippen molar-refractivity contribution in [2.45, 2.75) is 26.2 Å². The number of nitrogens with zero attached hydrogens (tertiary/aromatic N) is 1. The molecule has 1 aliphatic rings. The fraction of sp³-hybridized carbons (Fsp3) is 0.500. The molecule has 2 rings (SSSR count). The first kappa shape index (κ1) is 14.3. The second-order valence-corrected chi connectivity index (χ2v) is 5.28. The van der Waals surface area contributed by atoms with Crippen molar-refractivity contribution < 1.29 is 9.72 Å². The third-order valence-electron chi connectivity index (χ3n) is 4.04. The summed E-state index contributed by atoms with van der Waals surface area (Å²) in [6.45, 7) is 2.84. The number of benzene rings is 1. The van der Waals surface area contributed by atoms with Gasteiger partial charge in [-0.15, -0.1) is 0 Å². The Hall–Kier alpha value is -2.11. The lowest BCUT2D eigenvalue weighted by atomic mass is 10.0. The number of nitrogens with one attached hydrogen (secondary N) is 2. The van der Waals surface area contributed by atoms with Crippen LogP contribution >= 0.6 is 0 Å². The number of carbonyl (C=O) groups is 1. The van der Waals surface area contributed by atoms with Gasteiger partial charge in [0.1, 0.15) is 5.69 Å². The van der Waals surface area contributed by atoms with Crippen LogP contribution in [0.1, 0.15) is 36.5 Å². The standard InChI is InChI=1S/C14H19N3O3/c1-3-14(6-7-14)9-16-11-8-10(13(18)15-2)4-5-12(11)17(19)20/h4-5,8,16H,3,6-7,9H2,1-2H3,(H,15,18). The van der Waals surface area contributed by atoms with Crippen LogP contribution in [0.4, 0.5) is 11.4 Å². The average molecular weight is 277 g/mol. The summed E-state index contributed by atoms with van der Waals surface area (Å²) in [5, 5.41) is 16.7. The van der Waals surface area contributed by atoms with Crippen molar-refractivity contribution in [3.05, 3.63) is 33.9 Å². The largest absolute Gasteiger partial charge is 0.379 e. The predicted octanol–water partition coefficient (Wildman–Crippen LogP) is 2.56. The number of hydrogen-bond acceptors (Lipinski definition) is 4. The van der Waals surface area contributed by atoms with Gasteiger partial charge in [-0.3, -0.25) is 14.9 Å². The lowest BCUT2D eigenvalue weighted by Gasteiger charge is -2.15. The number of carbonyl (C=O) groups excluding carboxylic acids is 1. The second kappa shape index (κ2) is 5.48. The van der Waals surface area contributed by atoms with Gasteiger partial charge >= 0.3 is 0 Å². The molecule has 1 aromatic rings. The highest BCUT2D eigenvalue weighted by atomic mass is 16.6. The summed E-state index contributed by atoms with van der Waals surface area (Å²) in [6.07, 6.45) is 3.36. The number of nitro groups is 1. The molecule has 20 heavy (non-hydrogen) atoms. The van der Waals surface area contributed by atoms with E-state index in [1.807, 2.05) is 0 Å². The Morgan fingerprint density at radius 1 is 1.45 bits per heavy atom. The summed E-state index contributed by atoms with van der Waals surface area (Å²) >= 11 is 0. The smallest absolute Gasteiger partial charge is 0.292 e. The van der Waals surface area contributed by atoms with E-state index in [9.17, 15) is 14.9 Å². The van der Waals surface area contributed by atoms with Crippen LogP contribution in [-0.4, -0.2) is 24.4 Å². The summed E-state index contributed by atoms with van der Waals surface area (Å²) < 4.78 is 0. The molecule has 2 N–H and O–H groups in total. The minimum atomic E-state index is -0.429. The normalized spacial score (nSPS) is 15.5. The van der Waals surface area contributed by atoms with Crippen LogP contribution in [0.25, 0.3) is 0 Å². The highest BCUT2D eigenvalue weighted by molar-refractivity contribution is 5.95. The van der Waals surface area contributed by atoms with E-state index in [4.69, 9.17) is 0 Å². The number of nitro benzene ring substituents is 1. The molecule has 1 aromatic carbocycles. The van der Waals surface area contributed by atoms with Gasteiger partial charge in [-0.25, -0.2) is 0 Å². The molecule has 0 bridgehead atoms. The lowest BCUT2D eigenvalue weighted by molar-refractivity contribution is -0.384. The Morgan fingerprint density at radius 2 is 2.15 bits per heavy atom. The van der Waals surface area contributed by atoms with Crippen molar-refractivity contribution in [1.29, 1.82) is 0 Å². The van der Waals surface area contributed by atoms with Gasteiger partial charge in [0.2, 0.25) is 0 Å². The molecule has 6 nitrogen and oxygen atoms in total. The highest BCUT2D eigenvalue weighted by Crippen LogP contribution is 2.48. The van der Waals surface area contributed by atoms with E-state index < -0.39 is 4.92 Å². The molecule has 1 aliphatic carbocycles. The molecule has 0 radical (unpaired) electrons. The van der Waals surface area contributed by atoms with E-state index in [1.54, 1.807) is 6.07 Å². The molecule has 0 aromatic heterocycles.